The third kappa shape index (κ3) is 2.60. The van der Waals surface area contributed by atoms with Crippen LogP contribution in [0.4, 0.5) is 0 Å². The van der Waals surface area contributed by atoms with Gasteiger partial charge >= 0.3 is 5.97 Å². The van der Waals surface area contributed by atoms with Crippen LogP contribution >= 0.6 is 11.8 Å². The highest BCUT2D eigenvalue weighted by atomic mass is 32.2. The van der Waals surface area contributed by atoms with Crippen LogP contribution in [0, 0.1) is 0 Å². The van der Waals surface area contributed by atoms with Crippen molar-refractivity contribution in [3.05, 3.63) is 35.4 Å². The number of amidine groups is 1. The van der Waals surface area contributed by atoms with Crippen LogP contribution < -0.4 is 0 Å². The van der Waals surface area contributed by atoms with E-state index in [1.165, 1.54) is 11.8 Å². The first-order valence-electron chi connectivity index (χ1n) is 6.37. The van der Waals surface area contributed by atoms with Gasteiger partial charge in [0.2, 0.25) is 0 Å². The summed E-state index contributed by atoms with van der Waals surface area (Å²) in [5, 5.41) is 0.844. The van der Waals surface area contributed by atoms with Crippen molar-refractivity contribution in [3.63, 3.8) is 0 Å². The standard InChI is InChI=1S/C14H18N2O3S/c1-5-18-13(17)11-9(2)16(3)14(20-4)15-12(11)10-7-6-8-19-10/h6-8,12H,5H2,1-4H3/t12-/m0/s1. The van der Waals surface area contributed by atoms with Gasteiger partial charge in [-0.15, -0.1) is 0 Å². The van der Waals surface area contributed by atoms with Gasteiger partial charge in [-0.05, 0) is 32.2 Å². The Balaban J connectivity index is 2.48. The summed E-state index contributed by atoms with van der Waals surface area (Å²) in [7, 11) is 1.89. The van der Waals surface area contributed by atoms with E-state index in [2.05, 4.69) is 4.99 Å². The van der Waals surface area contributed by atoms with Crippen LogP contribution in [0.3, 0.4) is 0 Å². The number of rotatable bonds is 3. The van der Waals surface area contributed by atoms with Crippen LogP contribution in [-0.4, -0.2) is 35.9 Å². The summed E-state index contributed by atoms with van der Waals surface area (Å²) in [5.41, 5.74) is 1.37. The number of hydrogen-bond acceptors (Lipinski definition) is 6. The Hall–Kier alpha value is -1.69. The maximum atomic E-state index is 12.2. The molecule has 6 heteroatoms. The Labute approximate surface area is 122 Å². The SMILES string of the molecule is CCOC(=O)C1=C(C)N(C)C(SC)=N[C@H]1c1ccco1. The summed E-state index contributed by atoms with van der Waals surface area (Å²) in [4.78, 5) is 18.7. The molecule has 0 aliphatic carbocycles. The second-order valence-corrected chi connectivity index (χ2v) is 5.09. The van der Waals surface area contributed by atoms with Gasteiger partial charge in [-0.1, -0.05) is 11.8 Å². The fraction of sp³-hybridized carbons (Fsp3) is 0.429. The summed E-state index contributed by atoms with van der Waals surface area (Å²) in [5.74, 6) is 0.300. The largest absolute Gasteiger partial charge is 0.467 e. The molecule has 2 heterocycles. The van der Waals surface area contributed by atoms with E-state index in [0.29, 0.717) is 17.9 Å². The van der Waals surface area contributed by atoms with Gasteiger partial charge in [0.15, 0.2) is 5.17 Å². The molecule has 0 saturated carbocycles. The van der Waals surface area contributed by atoms with Crippen molar-refractivity contribution in [2.24, 2.45) is 4.99 Å². The summed E-state index contributed by atoms with van der Waals surface area (Å²) in [6.45, 7) is 4.02. The molecular weight excluding hydrogens is 276 g/mol. The maximum absolute atomic E-state index is 12.2. The Kier molecular flexibility index (Phi) is 4.54. The lowest BCUT2D eigenvalue weighted by Crippen LogP contribution is -2.32. The lowest BCUT2D eigenvalue weighted by molar-refractivity contribution is -0.139. The fourth-order valence-electron chi connectivity index (χ4n) is 2.09. The molecular formula is C14H18N2O3S. The quantitative estimate of drug-likeness (QED) is 0.802. The molecule has 0 fully saturated rings. The number of ether oxygens (including phenoxy) is 1. The van der Waals surface area contributed by atoms with Gasteiger partial charge in [0.1, 0.15) is 11.8 Å². The molecule has 0 N–H and O–H groups in total. The lowest BCUT2D eigenvalue weighted by atomic mass is 10.0. The molecule has 0 bridgehead atoms. The smallest absolute Gasteiger partial charge is 0.338 e. The van der Waals surface area contributed by atoms with Crippen LogP contribution in [0.15, 0.2) is 39.1 Å². The zero-order chi connectivity index (χ0) is 14.7. The Morgan fingerprint density at radius 2 is 2.35 bits per heavy atom. The molecule has 0 saturated heterocycles. The number of furan rings is 1. The summed E-state index contributed by atoms with van der Waals surface area (Å²) in [6, 6.07) is 3.17. The fourth-order valence-corrected chi connectivity index (χ4v) is 2.72. The predicted molar refractivity (Wildman–Crippen MR) is 79.5 cm³/mol. The van der Waals surface area contributed by atoms with Crippen LogP contribution in [0.1, 0.15) is 25.6 Å². The summed E-state index contributed by atoms with van der Waals surface area (Å²) < 4.78 is 10.6. The molecule has 20 heavy (non-hydrogen) atoms. The first-order chi connectivity index (χ1) is 9.60. The minimum Gasteiger partial charge on any atom is -0.467 e. The first-order valence-corrected chi connectivity index (χ1v) is 7.59. The highest BCUT2D eigenvalue weighted by Crippen LogP contribution is 2.35. The van der Waals surface area contributed by atoms with E-state index in [0.717, 1.165) is 10.9 Å². The third-order valence-corrected chi connectivity index (χ3v) is 3.93. The van der Waals surface area contributed by atoms with Gasteiger partial charge in [0.25, 0.3) is 0 Å². The van der Waals surface area contributed by atoms with E-state index in [4.69, 9.17) is 9.15 Å². The number of thioether (sulfide) groups is 1. The highest BCUT2D eigenvalue weighted by molar-refractivity contribution is 8.13. The van der Waals surface area contributed by atoms with E-state index in [1.54, 1.807) is 19.3 Å². The van der Waals surface area contributed by atoms with Gasteiger partial charge in [0, 0.05) is 12.7 Å². The molecule has 0 aromatic carbocycles. The number of nitrogens with zero attached hydrogens (tertiary/aromatic N) is 2. The molecule has 0 radical (unpaired) electrons. The second kappa shape index (κ2) is 6.17. The number of aliphatic imine (C=N–C) groups is 1. The van der Waals surface area contributed by atoms with E-state index < -0.39 is 6.04 Å². The average molecular weight is 294 g/mol. The molecule has 1 atom stereocenters. The molecule has 0 spiro atoms. The van der Waals surface area contributed by atoms with Crippen LogP contribution in [0.2, 0.25) is 0 Å². The van der Waals surface area contributed by atoms with Gasteiger partial charge < -0.3 is 14.1 Å². The van der Waals surface area contributed by atoms with Gasteiger partial charge in [-0.3, -0.25) is 0 Å². The van der Waals surface area contributed by atoms with Crippen molar-refractivity contribution in [3.8, 4) is 0 Å². The van der Waals surface area contributed by atoms with Crippen molar-refractivity contribution in [2.75, 3.05) is 19.9 Å². The zero-order valence-corrected chi connectivity index (χ0v) is 12.9. The van der Waals surface area contributed by atoms with Gasteiger partial charge in [0.05, 0.1) is 18.4 Å². The number of carbonyl (C=O) groups is 1. The van der Waals surface area contributed by atoms with Crippen molar-refractivity contribution in [1.29, 1.82) is 0 Å². The first kappa shape index (κ1) is 14.7. The van der Waals surface area contributed by atoms with E-state index in [-0.39, 0.29) is 5.97 Å². The van der Waals surface area contributed by atoms with Crippen LogP contribution in [0.25, 0.3) is 0 Å². The predicted octanol–water partition coefficient (Wildman–Crippen LogP) is 2.82. The molecule has 0 unspecified atom stereocenters. The molecule has 0 amide bonds. The topological polar surface area (TPSA) is 55.0 Å². The normalized spacial score (nSPS) is 19.1. The molecule has 1 aliphatic heterocycles. The van der Waals surface area contributed by atoms with Crippen molar-refractivity contribution < 1.29 is 13.9 Å². The number of carbonyl (C=O) groups excluding carboxylic acids is 1. The lowest BCUT2D eigenvalue weighted by Gasteiger charge is -2.30. The minimum atomic E-state index is -0.442. The molecule has 1 aliphatic rings. The summed E-state index contributed by atoms with van der Waals surface area (Å²) >= 11 is 1.53. The minimum absolute atomic E-state index is 0.337. The van der Waals surface area contributed by atoms with E-state index in [9.17, 15) is 4.79 Å². The van der Waals surface area contributed by atoms with Crippen LogP contribution in [-0.2, 0) is 9.53 Å². The maximum Gasteiger partial charge on any atom is 0.338 e. The number of allylic oxidation sites excluding steroid dienone is 1. The van der Waals surface area contributed by atoms with E-state index in [1.807, 2.05) is 31.2 Å². The van der Waals surface area contributed by atoms with Crippen molar-refractivity contribution in [2.45, 2.75) is 19.9 Å². The molecule has 108 valence electrons. The second-order valence-electron chi connectivity index (χ2n) is 4.31. The average Bonchev–Trinajstić information content (AvgIpc) is 2.95. The molecule has 2 rings (SSSR count). The molecule has 1 aromatic heterocycles. The number of esters is 1. The van der Waals surface area contributed by atoms with Gasteiger partial charge in [-0.25, -0.2) is 9.79 Å². The van der Waals surface area contributed by atoms with Gasteiger partial charge in [-0.2, -0.15) is 0 Å². The highest BCUT2D eigenvalue weighted by Gasteiger charge is 2.33. The van der Waals surface area contributed by atoms with E-state index >= 15 is 0 Å². The molecule has 1 aromatic rings. The molecule has 5 nitrogen and oxygen atoms in total. The van der Waals surface area contributed by atoms with Crippen molar-refractivity contribution in [1.82, 2.24) is 4.90 Å². The Morgan fingerprint density at radius 3 is 2.90 bits per heavy atom. The Bertz CT molecular complexity index is 549. The van der Waals surface area contributed by atoms with Crippen LogP contribution in [0.5, 0.6) is 0 Å². The monoisotopic (exact) mass is 294 g/mol. The van der Waals surface area contributed by atoms with Crippen molar-refractivity contribution >= 4 is 22.9 Å². The number of hydrogen-bond donors (Lipinski definition) is 0. The third-order valence-electron chi connectivity index (χ3n) is 3.18. The Morgan fingerprint density at radius 1 is 1.60 bits per heavy atom. The zero-order valence-electron chi connectivity index (χ0n) is 12.0. The summed E-state index contributed by atoms with van der Waals surface area (Å²) in [6.07, 6.45) is 3.54.